The van der Waals surface area contributed by atoms with Crippen LogP contribution in [0.15, 0.2) is 0 Å². The molecule has 0 aliphatic rings. The molecule has 0 saturated heterocycles. The summed E-state index contributed by atoms with van der Waals surface area (Å²) in [5, 5.41) is 5.69. The molecule has 0 rings (SSSR count). The molecule has 4 heteroatoms. The van der Waals surface area contributed by atoms with Gasteiger partial charge in [-0.05, 0) is 33.2 Å². The lowest BCUT2D eigenvalue weighted by Crippen LogP contribution is -2.32. The summed E-state index contributed by atoms with van der Waals surface area (Å²) in [5.74, 6) is 0.175. The van der Waals surface area contributed by atoms with Crippen molar-refractivity contribution in [2.24, 2.45) is 0 Å². The summed E-state index contributed by atoms with van der Waals surface area (Å²) in [6.07, 6.45) is 2.71. The topological polar surface area (TPSA) is 58.2 Å². The second-order valence-electron chi connectivity index (χ2n) is 3.43. The van der Waals surface area contributed by atoms with Gasteiger partial charge in [0, 0.05) is 13.5 Å². The molecule has 15 heavy (non-hydrogen) atoms. The summed E-state index contributed by atoms with van der Waals surface area (Å²) in [6.45, 7) is 3.80. The van der Waals surface area contributed by atoms with E-state index in [2.05, 4.69) is 10.6 Å². The van der Waals surface area contributed by atoms with Crippen molar-refractivity contribution in [1.29, 1.82) is 0 Å². The van der Waals surface area contributed by atoms with Crippen molar-refractivity contribution in [1.82, 2.24) is 10.6 Å². The van der Waals surface area contributed by atoms with Gasteiger partial charge in [0.1, 0.15) is 5.78 Å². The highest BCUT2D eigenvalue weighted by Gasteiger charge is 2.09. The summed E-state index contributed by atoms with van der Waals surface area (Å²) < 4.78 is 0. The molecule has 0 aromatic carbocycles. The first kappa shape index (κ1) is 16.5. The molecule has 0 spiro atoms. The van der Waals surface area contributed by atoms with E-state index in [1.54, 1.807) is 14.0 Å². The normalized spacial score (nSPS) is 11.4. The second-order valence-corrected chi connectivity index (χ2v) is 3.43. The molecule has 1 amide bonds. The first-order valence-electron chi connectivity index (χ1n) is 5.00. The molecule has 0 aliphatic carbocycles. The summed E-state index contributed by atoms with van der Waals surface area (Å²) >= 11 is 0. The van der Waals surface area contributed by atoms with Crippen LogP contribution in [0.5, 0.6) is 0 Å². The highest BCUT2D eigenvalue weighted by atomic mass is 16.1. The number of rotatable bonds is 7. The number of hydrogen-bond acceptors (Lipinski definition) is 3. The summed E-state index contributed by atoms with van der Waals surface area (Å²) in [7, 11) is 1.79. The minimum absolute atomic E-state index is 0. The van der Waals surface area contributed by atoms with E-state index < -0.39 is 0 Å². The number of carbonyl (C=O) groups excluding carboxylic acids is 2. The van der Waals surface area contributed by atoms with Crippen LogP contribution < -0.4 is 10.6 Å². The van der Waals surface area contributed by atoms with Crippen LogP contribution in [0.25, 0.3) is 0 Å². The average molecular weight is 216 g/mol. The number of unbranched alkanes of at least 4 members (excludes halogenated alkanes) is 1. The molecule has 0 heterocycles. The summed E-state index contributed by atoms with van der Waals surface area (Å²) in [6, 6.07) is -0.0349. The maximum absolute atomic E-state index is 11.0. The number of nitrogens with one attached hydrogen (secondary N) is 2. The summed E-state index contributed by atoms with van der Waals surface area (Å²) in [5.41, 5.74) is 0. The molecule has 0 fully saturated rings. The Balaban J connectivity index is 0. The average Bonchev–Trinajstić information content (AvgIpc) is 2.10. The van der Waals surface area contributed by atoms with E-state index in [4.69, 9.17) is 0 Å². The largest absolute Gasteiger partial charge is 0.356 e. The fraction of sp³-hybridized carbons (Fsp3) is 0.818. The van der Waals surface area contributed by atoms with Crippen LogP contribution in [0.4, 0.5) is 0 Å². The van der Waals surface area contributed by atoms with Gasteiger partial charge in [0.15, 0.2) is 0 Å². The van der Waals surface area contributed by atoms with E-state index in [9.17, 15) is 9.59 Å². The molecule has 2 N–H and O–H groups in total. The van der Waals surface area contributed by atoms with Gasteiger partial charge in [-0.2, -0.15) is 0 Å². The third-order valence-electron chi connectivity index (χ3n) is 2.13. The van der Waals surface area contributed by atoms with E-state index >= 15 is 0 Å². The van der Waals surface area contributed by atoms with E-state index in [0.29, 0.717) is 6.54 Å². The smallest absolute Gasteiger partial charge is 0.216 e. The van der Waals surface area contributed by atoms with Crippen molar-refractivity contribution in [3.05, 3.63) is 0 Å². The Morgan fingerprint density at radius 2 is 1.80 bits per heavy atom. The third kappa shape index (κ3) is 9.41. The number of Topliss-reactive ketones (excluding diaryl/α,β-unsaturated/α-hetero) is 1. The molecule has 1 unspecified atom stereocenters. The van der Waals surface area contributed by atoms with Gasteiger partial charge in [-0.25, -0.2) is 0 Å². The lowest BCUT2D eigenvalue weighted by molar-refractivity contribution is -0.120. The standard InChI is InChI=1S/C10H20N2O2.CH4/c1-8(13)10(11-3)6-4-5-7-12-9(2)14;/h10-11H,4-7H2,1-3H3,(H,12,14);1H4. The zero-order valence-electron chi connectivity index (χ0n) is 9.22. The van der Waals surface area contributed by atoms with Crippen LogP contribution >= 0.6 is 0 Å². The summed E-state index contributed by atoms with van der Waals surface area (Å²) in [4.78, 5) is 21.5. The highest BCUT2D eigenvalue weighted by molar-refractivity contribution is 5.81. The van der Waals surface area contributed by atoms with Gasteiger partial charge in [0.25, 0.3) is 0 Å². The lowest BCUT2D eigenvalue weighted by Gasteiger charge is -2.11. The maximum atomic E-state index is 11.0. The van der Waals surface area contributed by atoms with Crippen molar-refractivity contribution in [3.8, 4) is 0 Å². The molecule has 0 saturated carbocycles. The van der Waals surface area contributed by atoms with Crippen molar-refractivity contribution >= 4 is 11.7 Å². The highest BCUT2D eigenvalue weighted by Crippen LogP contribution is 2.00. The van der Waals surface area contributed by atoms with Crippen molar-refractivity contribution < 1.29 is 9.59 Å². The molecule has 0 aliphatic heterocycles. The van der Waals surface area contributed by atoms with Gasteiger partial charge in [0.2, 0.25) is 5.91 Å². The number of carbonyl (C=O) groups is 2. The second kappa shape index (κ2) is 9.65. The van der Waals surface area contributed by atoms with E-state index in [1.807, 2.05) is 0 Å². The molecular formula is C11H24N2O2. The molecule has 90 valence electrons. The lowest BCUT2D eigenvalue weighted by atomic mass is 10.1. The Bertz CT molecular complexity index is 193. The van der Waals surface area contributed by atoms with E-state index in [-0.39, 0.29) is 25.2 Å². The first-order chi connectivity index (χ1) is 6.57. The molecule has 1 atom stereocenters. The fourth-order valence-electron chi connectivity index (χ4n) is 1.29. The van der Waals surface area contributed by atoms with Gasteiger partial charge in [0.05, 0.1) is 6.04 Å². The predicted octanol–water partition coefficient (Wildman–Crippen LogP) is 1.11. The molecule has 0 bridgehead atoms. The Morgan fingerprint density at radius 1 is 1.20 bits per heavy atom. The number of hydrogen-bond donors (Lipinski definition) is 2. The van der Waals surface area contributed by atoms with Gasteiger partial charge in [-0.3, -0.25) is 9.59 Å². The zero-order valence-corrected chi connectivity index (χ0v) is 9.22. The molecule has 0 aromatic heterocycles. The molecule has 0 aromatic rings. The van der Waals surface area contributed by atoms with Crippen molar-refractivity contribution in [3.63, 3.8) is 0 Å². The third-order valence-corrected chi connectivity index (χ3v) is 2.13. The van der Waals surface area contributed by atoms with E-state index in [0.717, 1.165) is 19.3 Å². The van der Waals surface area contributed by atoms with Crippen LogP contribution in [0, 0.1) is 0 Å². The molecule has 0 radical (unpaired) electrons. The molecule has 4 nitrogen and oxygen atoms in total. The SMILES string of the molecule is C.CNC(CCCCNC(C)=O)C(C)=O. The zero-order chi connectivity index (χ0) is 11.0. The van der Waals surface area contributed by atoms with Crippen LogP contribution in [0.1, 0.15) is 40.5 Å². The van der Waals surface area contributed by atoms with Crippen molar-refractivity contribution in [2.75, 3.05) is 13.6 Å². The van der Waals surface area contributed by atoms with Gasteiger partial charge < -0.3 is 10.6 Å². The number of likely N-dealkylation sites (N-methyl/N-ethyl adjacent to an activating group) is 1. The quantitative estimate of drug-likeness (QED) is 0.627. The minimum Gasteiger partial charge on any atom is -0.356 e. The van der Waals surface area contributed by atoms with E-state index in [1.165, 1.54) is 6.92 Å². The molecular weight excluding hydrogens is 192 g/mol. The number of ketones is 1. The van der Waals surface area contributed by atoms with Gasteiger partial charge in [-0.1, -0.05) is 7.43 Å². The van der Waals surface area contributed by atoms with Crippen LogP contribution in [0.2, 0.25) is 0 Å². The minimum atomic E-state index is -0.0349. The Labute approximate surface area is 92.8 Å². The first-order valence-corrected chi connectivity index (χ1v) is 5.00. The maximum Gasteiger partial charge on any atom is 0.216 e. The van der Waals surface area contributed by atoms with Gasteiger partial charge in [-0.15, -0.1) is 0 Å². The van der Waals surface area contributed by atoms with Gasteiger partial charge >= 0.3 is 0 Å². The Morgan fingerprint density at radius 3 is 2.20 bits per heavy atom. The number of amides is 1. The fourth-order valence-corrected chi connectivity index (χ4v) is 1.29. The van der Waals surface area contributed by atoms with Crippen LogP contribution in [-0.2, 0) is 9.59 Å². The Hall–Kier alpha value is -0.900. The van der Waals surface area contributed by atoms with Crippen molar-refractivity contribution in [2.45, 2.75) is 46.6 Å². The Kier molecular flexibility index (Phi) is 10.6. The predicted molar refractivity (Wildman–Crippen MR) is 62.8 cm³/mol. The monoisotopic (exact) mass is 216 g/mol. The van der Waals surface area contributed by atoms with Crippen LogP contribution in [0.3, 0.4) is 0 Å². The van der Waals surface area contributed by atoms with Crippen LogP contribution in [-0.4, -0.2) is 31.3 Å².